The Morgan fingerprint density at radius 1 is 1.17 bits per heavy atom. The summed E-state index contributed by atoms with van der Waals surface area (Å²) in [5, 5.41) is 0. The fourth-order valence-corrected chi connectivity index (χ4v) is 4.72. The predicted octanol–water partition coefficient (Wildman–Crippen LogP) is 3.98. The SMILES string of the molecule is COC(=O)C1(COCc2ccccc2)C[C@@H](O[Si](C)(C)C)CN1C(=O)OC(C)(C)C. The van der Waals surface area contributed by atoms with Gasteiger partial charge in [-0.3, -0.25) is 4.90 Å². The van der Waals surface area contributed by atoms with Crippen LogP contribution in [0.15, 0.2) is 30.3 Å². The molecule has 0 aliphatic carbocycles. The average Bonchev–Trinajstić information content (AvgIpc) is 2.98. The van der Waals surface area contributed by atoms with Gasteiger partial charge >= 0.3 is 12.1 Å². The fraction of sp³-hybridized carbons (Fsp3) is 0.636. The summed E-state index contributed by atoms with van der Waals surface area (Å²) in [5.74, 6) is -0.525. The maximum Gasteiger partial charge on any atom is 0.411 e. The van der Waals surface area contributed by atoms with Gasteiger partial charge in [0, 0.05) is 6.42 Å². The molecule has 1 aromatic rings. The van der Waals surface area contributed by atoms with Crippen LogP contribution in [0, 0.1) is 0 Å². The summed E-state index contributed by atoms with van der Waals surface area (Å²) in [7, 11) is -0.576. The molecule has 0 N–H and O–H groups in total. The van der Waals surface area contributed by atoms with Gasteiger partial charge in [-0.05, 0) is 46.0 Å². The normalized spacial score (nSPS) is 22.1. The van der Waals surface area contributed by atoms with E-state index < -0.39 is 31.5 Å². The van der Waals surface area contributed by atoms with Gasteiger partial charge < -0.3 is 18.6 Å². The number of amides is 1. The number of rotatable bonds is 7. The van der Waals surface area contributed by atoms with Gasteiger partial charge in [-0.25, -0.2) is 9.59 Å². The Labute approximate surface area is 180 Å². The lowest BCUT2D eigenvalue weighted by Crippen LogP contribution is -2.57. The number of carbonyl (C=O) groups excluding carboxylic acids is 2. The maximum atomic E-state index is 13.0. The molecule has 1 heterocycles. The number of carbonyl (C=O) groups is 2. The second-order valence-corrected chi connectivity index (χ2v) is 14.1. The van der Waals surface area contributed by atoms with E-state index in [1.165, 1.54) is 12.0 Å². The van der Waals surface area contributed by atoms with Crippen LogP contribution in [0.25, 0.3) is 0 Å². The van der Waals surface area contributed by atoms with Gasteiger partial charge in [0.1, 0.15) is 5.60 Å². The molecule has 1 saturated heterocycles. The predicted molar refractivity (Wildman–Crippen MR) is 117 cm³/mol. The number of hydrogen-bond donors (Lipinski definition) is 0. The van der Waals surface area contributed by atoms with Crippen molar-refractivity contribution in [3.05, 3.63) is 35.9 Å². The quantitative estimate of drug-likeness (QED) is 0.475. The highest BCUT2D eigenvalue weighted by molar-refractivity contribution is 6.69. The molecule has 2 rings (SSSR count). The highest BCUT2D eigenvalue weighted by Crippen LogP contribution is 2.35. The topological polar surface area (TPSA) is 74.3 Å². The van der Waals surface area contributed by atoms with Crippen molar-refractivity contribution in [2.45, 2.75) is 70.7 Å². The molecule has 1 fully saturated rings. The summed E-state index contributed by atoms with van der Waals surface area (Å²) in [6.07, 6.45) is -0.556. The molecule has 1 unspecified atom stereocenters. The van der Waals surface area contributed by atoms with E-state index in [4.69, 9.17) is 18.6 Å². The minimum atomic E-state index is -1.90. The number of nitrogens with zero attached hydrogens (tertiary/aromatic N) is 1. The van der Waals surface area contributed by atoms with Crippen molar-refractivity contribution in [3.8, 4) is 0 Å². The Hall–Kier alpha value is -1.90. The molecule has 1 aliphatic rings. The second kappa shape index (κ2) is 9.49. The van der Waals surface area contributed by atoms with Crippen LogP contribution >= 0.6 is 0 Å². The van der Waals surface area contributed by atoms with E-state index in [0.29, 0.717) is 13.0 Å². The standard InChI is InChI=1S/C22H35NO6Si/c1-21(2,3)28-20(25)23-14-18(29-30(5,6)7)13-22(23,19(24)26-4)16-27-15-17-11-9-8-10-12-17/h8-12,18H,13-16H2,1-7H3/t18-,22?/m1/s1. The lowest BCUT2D eigenvalue weighted by atomic mass is 9.96. The Balaban J connectivity index is 2.29. The fourth-order valence-electron chi connectivity index (χ4n) is 3.57. The smallest absolute Gasteiger partial charge is 0.411 e. The first-order valence-corrected chi connectivity index (χ1v) is 13.7. The van der Waals surface area contributed by atoms with Crippen LogP contribution in [0.2, 0.25) is 19.6 Å². The van der Waals surface area contributed by atoms with Crippen LogP contribution in [0.1, 0.15) is 32.8 Å². The largest absolute Gasteiger partial charge is 0.467 e. The van der Waals surface area contributed by atoms with E-state index in [0.717, 1.165) is 5.56 Å². The third-order valence-electron chi connectivity index (χ3n) is 4.62. The van der Waals surface area contributed by atoms with E-state index in [1.54, 1.807) is 20.8 Å². The third kappa shape index (κ3) is 6.55. The average molecular weight is 438 g/mol. The molecule has 0 radical (unpaired) electrons. The van der Waals surface area contributed by atoms with Crippen molar-refractivity contribution < 1.29 is 28.2 Å². The Bertz CT molecular complexity index is 727. The van der Waals surface area contributed by atoms with Gasteiger partial charge in [0.05, 0.1) is 33.0 Å². The molecule has 0 spiro atoms. The first kappa shape index (κ1) is 24.4. The number of benzene rings is 1. The summed E-state index contributed by atoms with van der Waals surface area (Å²) < 4.78 is 22.9. The van der Waals surface area contributed by atoms with E-state index >= 15 is 0 Å². The summed E-state index contributed by atoms with van der Waals surface area (Å²) in [6.45, 7) is 12.2. The number of ether oxygens (including phenoxy) is 3. The second-order valence-electron chi connectivity index (χ2n) is 9.65. The monoisotopic (exact) mass is 437 g/mol. The van der Waals surface area contributed by atoms with Gasteiger partial charge in [-0.1, -0.05) is 30.3 Å². The minimum Gasteiger partial charge on any atom is -0.467 e. The van der Waals surface area contributed by atoms with Crippen molar-refractivity contribution in [2.75, 3.05) is 20.3 Å². The van der Waals surface area contributed by atoms with Gasteiger partial charge in [0.2, 0.25) is 0 Å². The molecular weight excluding hydrogens is 402 g/mol. The number of hydrogen-bond acceptors (Lipinski definition) is 6. The van der Waals surface area contributed by atoms with Gasteiger partial charge in [0.25, 0.3) is 0 Å². The first-order valence-electron chi connectivity index (χ1n) is 10.2. The van der Waals surface area contributed by atoms with Crippen molar-refractivity contribution in [2.24, 2.45) is 0 Å². The third-order valence-corrected chi connectivity index (χ3v) is 5.66. The zero-order valence-electron chi connectivity index (χ0n) is 19.2. The molecule has 1 aliphatic heterocycles. The molecule has 1 amide bonds. The molecule has 0 bridgehead atoms. The molecule has 1 aromatic carbocycles. The number of methoxy groups -OCH3 is 1. The van der Waals surface area contributed by atoms with Crippen LogP contribution in [-0.4, -0.2) is 62.8 Å². The van der Waals surface area contributed by atoms with E-state index in [2.05, 4.69) is 19.6 Å². The Morgan fingerprint density at radius 2 is 1.80 bits per heavy atom. The molecule has 0 saturated carbocycles. The Kier molecular flexibility index (Phi) is 7.71. The minimum absolute atomic E-state index is 0.000626. The van der Waals surface area contributed by atoms with Crippen LogP contribution in [0.4, 0.5) is 4.79 Å². The number of esters is 1. The molecule has 2 atom stereocenters. The van der Waals surface area contributed by atoms with Crippen LogP contribution in [-0.2, 0) is 30.0 Å². The highest BCUT2D eigenvalue weighted by atomic mass is 28.4. The van der Waals surface area contributed by atoms with Crippen molar-refractivity contribution >= 4 is 20.4 Å². The molecule has 30 heavy (non-hydrogen) atoms. The zero-order valence-corrected chi connectivity index (χ0v) is 20.2. The van der Waals surface area contributed by atoms with E-state index in [1.807, 2.05) is 30.3 Å². The van der Waals surface area contributed by atoms with Gasteiger partial charge in [0.15, 0.2) is 13.9 Å². The molecule has 168 valence electrons. The molecule has 0 aromatic heterocycles. The summed E-state index contributed by atoms with van der Waals surface area (Å²) >= 11 is 0. The van der Waals surface area contributed by atoms with E-state index in [-0.39, 0.29) is 19.3 Å². The van der Waals surface area contributed by atoms with Crippen LogP contribution in [0.5, 0.6) is 0 Å². The van der Waals surface area contributed by atoms with E-state index in [9.17, 15) is 9.59 Å². The zero-order chi connectivity index (χ0) is 22.6. The van der Waals surface area contributed by atoms with Crippen LogP contribution in [0.3, 0.4) is 0 Å². The van der Waals surface area contributed by atoms with Crippen molar-refractivity contribution in [1.29, 1.82) is 0 Å². The van der Waals surface area contributed by atoms with Crippen LogP contribution < -0.4 is 0 Å². The lowest BCUT2D eigenvalue weighted by molar-refractivity contribution is -0.157. The maximum absolute atomic E-state index is 13.0. The number of likely N-dealkylation sites (tertiary alicyclic amines) is 1. The lowest BCUT2D eigenvalue weighted by Gasteiger charge is -2.36. The first-order chi connectivity index (χ1) is 13.9. The summed E-state index contributed by atoms with van der Waals surface area (Å²) in [6, 6.07) is 9.67. The van der Waals surface area contributed by atoms with Crippen molar-refractivity contribution in [1.82, 2.24) is 4.90 Å². The highest BCUT2D eigenvalue weighted by Gasteiger charge is 2.56. The summed E-state index contributed by atoms with van der Waals surface area (Å²) in [4.78, 5) is 27.4. The van der Waals surface area contributed by atoms with Crippen molar-refractivity contribution in [3.63, 3.8) is 0 Å². The summed E-state index contributed by atoms with van der Waals surface area (Å²) in [5.41, 5.74) is -1.01. The molecular formula is C22H35NO6Si. The van der Waals surface area contributed by atoms with Gasteiger partial charge in [-0.15, -0.1) is 0 Å². The molecule has 7 nitrogen and oxygen atoms in total. The van der Waals surface area contributed by atoms with Gasteiger partial charge in [-0.2, -0.15) is 0 Å². The molecule has 8 heteroatoms. The Morgan fingerprint density at radius 3 is 2.33 bits per heavy atom.